The van der Waals surface area contributed by atoms with Gasteiger partial charge in [-0.3, -0.25) is 14.4 Å². The summed E-state index contributed by atoms with van der Waals surface area (Å²) in [6, 6.07) is 8.73. The van der Waals surface area contributed by atoms with Crippen LogP contribution in [0.3, 0.4) is 0 Å². The molecule has 0 atom stereocenters. The van der Waals surface area contributed by atoms with Gasteiger partial charge in [0.1, 0.15) is 11.6 Å². The van der Waals surface area contributed by atoms with Crippen LogP contribution in [-0.4, -0.2) is 36.8 Å². The average Bonchev–Trinajstić information content (AvgIpc) is 3.58. The molecule has 2 aliphatic rings. The summed E-state index contributed by atoms with van der Waals surface area (Å²) in [6.07, 6.45) is 5.88. The predicted molar refractivity (Wildman–Crippen MR) is 129 cm³/mol. The number of hydrogen-bond donors (Lipinski definition) is 1. The average molecular weight is 497 g/mol. The Morgan fingerprint density at radius 1 is 1.12 bits per heavy atom. The van der Waals surface area contributed by atoms with Crippen molar-refractivity contribution in [2.45, 2.75) is 38.1 Å². The molecule has 32 heavy (non-hydrogen) atoms. The number of halogens is 3. The van der Waals surface area contributed by atoms with Crippen LogP contribution in [0.5, 0.6) is 5.75 Å². The molecule has 1 heterocycles. The maximum absolute atomic E-state index is 14.6. The molecule has 1 saturated carbocycles. The van der Waals surface area contributed by atoms with Gasteiger partial charge in [0.25, 0.3) is 5.91 Å². The molecule has 0 aromatic heterocycles. The minimum absolute atomic E-state index is 0.0861. The van der Waals surface area contributed by atoms with Crippen LogP contribution >= 0.6 is 35.1 Å². The first-order chi connectivity index (χ1) is 15.4. The van der Waals surface area contributed by atoms with Crippen LogP contribution in [0.2, 0.25) is 10.0 Å². The van der Waals surface area contributed by atoms with Crippen LogP contribution < -0.4 is 9.46 Å². The van der Waals surface area contributed by atoms with Crippen molar-refractivity contribution >= 4 is 41.1 Å². The largest absolute Gasteiger partial charge is 0.493 e. The first kappa shape index (κ1) is 23.7. The van der Waals surface area contributed by atoms with Crippen LogP contribution in [0.25, 0.3) is 0 Å². The van der Waals surface area contributed by atoms with Crippen LogP contribution in [0.15, 0.2) is 30.3 Å². The number of piperidine rings is 1. The highest BCUT2D eigenvalue weighted by Gasteiger charge is 2.30. The second-order valence-electron chi connectivity index (χ2n) is 8.59. The summed E-state index contributed by atoms with van der Waals surface area (Å²) in [6.45, 7) is 3.32. The maximum Gasteiger partial charge on any atom is 0.264 e. The third-order valence-corrected chi connectivity index (χ3v) is 6.89. The van der Waals surface area contributed by atoms with Crippen molar-refractivity contribution in [3.63, 3.8) is 0 Å². The van der Waals surface area contributed by atoms with Gasteiger partial charge in [-0.1, -0.05) is 35.1 Å². The smallest absolute Gasteiger partial charge is 0.264 e. The normalized spacial score (nSPS) is 17.4. The monoisotopic (exact) mass is 496 g/mol. The summed E-state index contributed by atoms with van der Waals surface area (Å²) >= 11 is 13.4. The van der Waals surface area contributed by atoms with Crippen molar-refractivity contribution in [2.24, 2.45) is 5.92 Å². The molecule has 2 aromatic carbocycles. The Morgan fingerprint density at radius 2 is 1.81 bits per heavy atom. The fourth-order valence-electron chi connectivity index (χ4n) is 4.21. The lowest BCUT2D eigenvalue weighted by Gasteiger charge is -2.32. The lowest BCUT2D eigenvalue weighted by Crippen LogP contribution is -2.35. The highest BCUT2D eigenvalue weighted by atomic mass is 35.5. The Bertz CT molecular complexity index is 958. The number of carbonyl (C=O) groups excluding carboxylic acids is 1. The number of nitrogens with zero attached hydrogens (tertiary/aromatic N) is 1. The highest BCUT2D eigenvalue weighted by molar-refractivity contribution is 7.97. The van der Waals surface area contributed by atoms with E-state index >= 15 is 0 Å². The molecule has 2 aromatic rings. The maximum atomic E-state index is 14.6. The number of ether oxygens (including phenoxy) is 1. The SMILES string of the molecule is CSNC(=O)c1cc(C2CC2)c(OCC2CCN(Cc3cc(Cl)cc(Cl)c3)CC2)cc1F. The van der Waals surface area contributed by atoms with E-state index in [0.717, 1.165) is 68.4 Å². The number of nitrogens with one attached hydrogen (secondary N) is 1. The molecule has 1 aliphatic carbocycles. The summed E-state index contributed by atoms with van der Waals surface area (Å²) in [5.41, 5.74) is 2.16. The summed E-state index contributed by atoms with van der Waals surface area (Å²) in [4.78, 5) is 14.5. The number of amides is 1. The van der Waals surface area contributed by atoms with E-state index in [1.807, 2.05) is 12.1 Å². The van der Waals surface area contributed by atoms with E-state index < -0.39 is 11.7 Å². The van der Waals surface area contributed by atoms with Gasteiger partial charge in [-0.2, -0.15) is 0 Å². The molecule has 0 unspecified atom stereocenters. The van der Waals surface area contributed by atoms with Gasteiger partial charge in [0.05, 0.1) is 12.2 Å². The Kier molecular flexibility index (Phi) is 7.87. The molecule has 4 nitrogen and oxygen atoms in total. The highest BCUT2D eigenvalue weighted by Crippen LogP contribution is 2.45. The molecule has 1 N–H and O–H groups in total. The summed E-state index contributed by atoms with van der Waals surface area (Å²) in [5, 5.41) is 1.32. The fraction of sp³-hybridized carbons (Fsp3) is 0.458. The molecule has 8 heteroatoms. The minimum atomic E-state index is -0.536. The van der Waals surface area contributed by atoms with Gasteiger partial charge in [-0.25, -0.2) is 4.39 Å². The van der Waals surface area contributed by atoms with Crippen LogP contribution in [0.4, 0.5) is 4.39 Å². The van der Waals surface area contributed by atoms with E-state index in [9.17, 15) is 9.18 Å². The van der Waals surface area contributed by atoms with Gasteiger partial charge in [-0.15, -0.1) is 0 Å². The Labute approximate surface area is 202 Å². The van der Waals surface area contributed by atoms with Crippen molar-refractivity contribution < 1.29 is 13.9 Å². The topological polar surface area (TPSA) is 41.6 Å². The third kappa shape index (κ3) is 6.10. The number of likely N-dealkylation sites (tertiary alicyclic amines) is 1. The van der Waals surface area contributed by atoms with Gasteiger partial charge >= 0.3 is 0 Å². The van der Waals surface area contributed by atoms with Crippen molar-refractivity contribution in [3.8, 4) is 5.75 Å². The Balaban J connectivity index is 1.33. The van der Waals surface area contributed by atoms with Crippen molar-refractivity contribution in [1.29, 1.82) is 0 Å². The number of carbonyl (C=O) groups is 1. The van der Waals surface area contributed by atoms with Crippen LogP contribution in [0.1, 0.15) is 53.1 Å². The van der Waals surface area contributed by atoms with Gasteiger partial charge in [-0.05, 0) is 86.0 Å². The van der Waals surface area contributed by atoms with E-state index in [1.54, 1.807) is 18.4 Å². The molecule has 1 saturated heterocycles. The Hall–Kier alpha value is -1.47. The molecule has 1 amide bonds. The Morgan fingerprint density at radius 3 is 2.44 bits per heavy atom. The molecule has 4 rings (SSSR count). The second-order valence-corrected chi connectivity index (χ2v) is 10.1. The molecular weight excluding hydrogens is 470 g/mol. The quantitative estimate of drug-likeness (QED) is 0.434. The van der Waals surface area contributed by atoms with Crippen molar-refractivity contribution in [3.05, 3.63) is 62.9 Å². The molecule has 1 aliphatic heterocycles. The molecule has 0 radical (unpaired) electrons. The lowest BCUT2D eigenvalue weighted by atomic mass is 9.97. The van der Waals surface area contributed by atoms with Crippen molar-refractivity contribution in [2.75, 3.05) is 26.0 Å². The molecule has 0 spiro atoms. The summed E-state index contributed by atoms with van der Waals surface area (Å²) in [5.74, 6) is 0.422. The van der Waals surface area contributed by atoms with E-state index in [1.165, 1.54) is 6.07 Å². The van der Waals surface area contributed by atoms with Gasteiger partial charge < -0.3 is 4.74 Å². The number of rotatable bonds is 8. The lowest BCUT2D eigenvalue weighted by molar-refractivity contribution is 0.0980. The zero-order chi connectivity index (χ0) is 22.7. The second kappa shape index (κ2) is 10.6. The first-order valence-corrected chi connectivity index (χ1v) is 12.9. The number of benzene rings is 2. The number of hydrogen-bond acceptors (Lipinski definition) is 4. The molecule has 0 bridgehead atoms. The minimum Gasteiger partial charge on any atom is -0.493 e. The molecule has 2 fully saturated rings. The standard InChI is InChI=1S/C24H27Cl2FN2O2S/c1-32-28-24(30)21-11-20(17-2-3-17)23(12-22(21)27)31-14-15-4-6-29(7-5-15)13-16-8-18(25)10-19(26)9-16/h8-12,15,17H,2-7,13-14H2,1H3,(H,28,30). The van der Waals surface area contributed by atoms with Crippen LogP contribution in [-0.2, 0) is 6.54 Å². The summed E-state index contributed by atoms with van der Waals surface area (Å²) in [7, 11) is 0. The summed E-state index contributed by atoms with van der Waals surface area (Å²) < 4.78 is 23.3. The zero-order valence-corrected chi connectivity index (χ0v) is 20.3. The predicted octanol–water partition coefficient (Wildman–Crippen LogP) is 6.31. The fourth-order valence-corrected chi connectivity index (χ4v) is 5.08. The zero-order valence-electron chi connectivity index (χ0n) is 18.0. The first-order valence-electron chi connectivity index (χ1n) is 10.9. The third-order valence-electron chi connectivity index (χ3n) is 6.07. The van der Waals surface area contributed by atoms with Gasteiger partial charge in [0.2, 0.25) is 0 Å². The van der Waals surface area contributed by atoms with Crippen molar-refractivity contribution in [1.82, 2.24) is 9.62 Å². The van der Waals surface area contributed by atoms with Gasteiger partial charge in [0, 0.05) is 28.9 Å². The van der Waals surface area contributed by atoms with Gasteiger partial charge in [0.15, 0.2) is 0 Å². The molecular formula is C24H27Cl2FN2O2S. The van der Waals surface area contributed by atoms with E-state index in [2.05, 4.69) is 9.62 Å². The van der Waals surface area contributed by atoms with E-state index in [4.69, 9.17) is 27.9 Å². The molecule has 172 valence electrons. The van der Waals surface area contributed by atoms with E-state index in [0.29, 0.717) is 34.2 Å². The van der Waals surface area contributed by atoms with Crippen LogP contribution in [0, 0.1) is 11.7 Å². The van der Waals surface area contributed by atoms with E-state index in [-0.39, 0.29) is 5.56 Å².